The zero-order chi connectivity index (χ0) is 20.4. The van der Waals surface area contributed by atoms with Crippen LogP contribution < -0.4 is 0 Å². The van der Waals surface area contributed by atoms with Crippen molar-refractivity contribution in [2.75, 3.05) is 6.61 Å². The van der Waals surface area contributed by atoms with Crippen LogP contribution in [0.25, 0.3) is 15.1 Å². The van der Waals surface area contributed by atoms with Crippen LogP contribution in [-0.4, -0.2) is 33.8 Å². The normalized spacial score (nSPS) is 11.8. The molecule has 0 radical (unpaired) electrons. The fourth-order valence-corrected chi connectivity index (χ4v) is 5.34. The second kappa shape index (κ2) is 8.28. The van der Waals surface area contributed by atoms with Crippen molar-refractivity contribution >= 4 is 50.5 Å². The van der Waals surface area contributed by atoms with Crippen LogP contribution in [0.3, 0.4) is 0 Å². The summed E-state index contributed by atoms with van der Waals surface area (Å²) < 4.78 is 5.13. The van der Waals surface area contributed by atoms with Crippen molar-refractivity contribution in [3.63, 3.8) is 0 Å². The molecular formula is C20H21N3O3S2. The Morgan fingerprint density at radius 1 is 1.25 bits per heavy atom. The smallest absolute Gasteiger partial charge is 0.355 e. The molecule has 0 unspecified atom stereocenters. The lowest BCUT2D eigenvalue weighted by atomic mass is 10.1. The van der Waals surface area contributed by atoms with Crippen LogP contribution in [0.1, 0.15) is 44.7 Å². The average Bonchev–Trinajstić information content (AvgIpc) is 3.11. The number of ether oxygens (including phenoxy) is 1. The van der Waals surface area contributed by atoms with Gasteiger partial charge in [-0.25, -0.2) is 14.8 Å². The second-order valence-electron chi connectivity index (χ2n) is 6.26. The number of nitrogens with one attached hydrogen (secondary N) is 1. The molecule has 3 aromatic rings. The largest absolute Gasteiger partial charge is 0.461 e. The van der Waals surface area contributed by atoms with E-state index >= 15 is 0 Å². The number of carbonyl (C=O) groups is 2. The van der Waals surface area contributed by atoms with Crippen LogP contribution in [0.4, 0.5) is 0 Å². The summed E-state index contributed by atoms with van der Waals surface area (Å²) in [6, 6.07) is 0. The number of nitrogens with zero attached hydrogens (tertiary/aromatic N) is 2. The van der Waals surface area contributed by atoms with Crippen molar-refractivity contribution < 1.29 is 14.3 Å². The Morgan fingerprint density at radius 3 is 2.68 bits per heavy atom. The van der Waals surface area contributed by atoms with Gasteiger partial charge in [0.05, 0.1) is 6.61 Å². The lowest BCUT2D eigenvalue weighted by Gasteiger charge is -2.09. The molecule has 8 heteroatoms. The number of rotatable bonds is 6. The molecule has 0 spiro atoms. The monoisotopic (exact) mass is 415 g/mol. The van der Waals surface area contributed by atoms with Gasteiger partial charge in [0.15, 0.2) is 0 Å². The van der Waals surface area contributed by atoms with Crippen molar-refractivity contribution in [3.8, 4) is 0 Å². The van der Waals surface area contributed by atoms with Crippen LogP contribution in [0.15, 0.2) is 17.4 Å². The van der Waals surface area contributed by atoms with Gasteiger partial charge >= 0.3 is 5.97 Å². The van der Waals surface area contributed by atoms with E-state index in [0.717, 1.165) is 48.8 Å². The number of allylic oxidation sites excluding steroid dienone is 1. The van der Waals surface area contributed by atoms with Crippen molar-refractivity contribution in [3.05, 3.63) is 45.4 Å². The Balaban J connectivity index is 2.09. The second-order valence-corrected chi connectivity index (χ2v) is 8.49. The summed E-state index contributed by atoms with van der Waals surface area (Å²) >= 11 is 3.03. The van der Waals surface area contributed by atoms with E-state index in [2.05, 4.69) is 28.8 Å². The Labute approximate surface area is 171 Å². The number of H-pyrrole nitrogens is 1. The minimum atomic E-state index is -0.404. The van der Waals surface area contributed by atoms with E-state index in [0.29, 0.717) is 12.3 Å². The number of aromatic amines is 1. The number of fused-ring (bicyclic) bond motifs is 1. The Bertz CT molecular complexity index is 1100. The molecule has 3 rings (SSSR count). The summed E-state index contributed by atoms with van der Waals surface area (Å²) in [5, 5.41) is 1.79. The summed E-state index contributed by atoms with van der Waals surface area (Å²) in [4.78, 5) is 38.3. The van der Waals surface area contributed by atoms with Gasteiger partial charge in [-0.2, -0.15) is 0 Å². The Hall–Kier alpha value is -2.45. The zero-order valence-electron chi connectivity index (χ0n) is 16.4. The lowest BCUT2D eigenvalue weighted by Crippen LogP contribution is -2.06. The van der Waals surface area contributed by atoms with Crippen LogP contribution in [0, 0.1) is 27.7 Å². The number of hydrogen-bond donors (Lipinski definition) is 1. The summed E-state index contributed by atoms with van der Waals surface area (Å²) in [7, 11) is 0. The molecule has 0 fully saturated rings. The quantitative estimate of drug-likeness (QED) is 0.205. The van der Waals surface area contributed by atoms with E-state index in [1.54, 1.807) is 24.6 Å². The van der Waals surface area contributed by atoms with Crippen molar-refractivity contribution in [2.45, 2.75) is 39.6 Å². The van der Waals surface area contributed by atoms with Crippen molar-refractivity contribution in [1.29, 1.82) is 0 Å². The number of aromatic nitrogens is 3. The van der Waals surface area contributed by atoms with E-state index in [-0.39, 0.29) is 0 Å². The van der Waals surface area contributed by atoms with Crippen molar-refractivity contribution in [1.82, 2.24) is 15.0 Å². The van der Waals surface area contributed by atoms with Crippen molar-refractivity contribution in [2.24, 2.45) is 0 Å². The highest BCUT2D eigenvalue weighted by Gasteiger charge is 2.22. The third-order valence-electron chi connectivity index (χ3n) is 4.52. The first-order chi connectivity index (χ1) is 13.4. The molecule has 0 aliphatic rings. The standard InChI is InChI=1S/C20H21N3O3S2/c1-6-26-20(25)17-11(3)15(12(4)23-17)14(7-8-24)28-19-16-10(2)13(5)27-18(16)21-9-22-19/h7-9,23H,6H2,1-5H3. The van der Waals surface area contributed by atoms with Crippen LogP contribution in [0.2, 0.25) is 0 Å². The molecule has 0 amide bonds. The molecule has 0 atom stereocenters. The molecule has 0 saturated heterocycles. The first-order valence-corrected chi connectivity index (χ1v) is 10.4. The van der Waals surface area contributed by atoms with Gasteiger partial charge < -0.3 is 9.72 Å². The van der Waals surface area contributed by atoms with Crippen LogP contribution >= 0.6 is 23.1 Å². The number of carbonyl (C=O) groups excluding carboxylic acids is 2. The summed E-state index contributed by atoms with van der Waals surface area (Å²) in [5.41, 5.74) is 3.91. The molecule has 6 nitrogen and oxygen atoms in total. The van der Waals surface area contributed by atoms with E-state index in [4.69, 9.17) is 4.74 Å². The fraction of sp³-hybridized carbons (Fsp3) is 0.300. The number of aryl methyl sites for hydroxylation is 3. The maximum absolute atomic E-state index is 12.2. The molecule has 146 valence electrons. The van der Waals surface area contributed by atoms with E-state index < -0.39 is 5.97 Å². The molecule has 3 aromatic heterocycles. The lowest BCUT2D eigenvalue weighted by molar-refractivity contribution is -0.104. The van der Waals surface area contributed by atoms with Gasteiger partial charge in [0.25, 0.3) is 0 Å². The van der Waals surface area contributed by atoms with Crippen LogP contribution in [-0.2, 0) is 9.53 Å². The van der Waals surface area contributed by atoms with Crippen LogP contribution in [0.5, 0.6) is 0 Å². The first kappa shape index (κ1) is 20.3. The van der Waals surface area contributed by atoms with Gasteiger partial charge in [0, 0.05) is 26.4 Å². The molecule has 1 N–H and O–H groups in total. The predicted molar refractivity (Wildman–Crippen MR) is 113 cm³/mol. The summed E-state index contributed by atoms with van der Waals surface area (Å²) in [6.07, 6.45) is 3.80. The maximum atomic E-state index is 12.2. The molecule has 0 bridgehead atoms. The van der Waals surface area contributed by atoms with Gasteiger partial charge in [-0.1, -0.05) is 11.8 Å². The summed E-state index contributed by atoms with van der Waals surface area (Å²) in [6.45, 7) is 9.90. The van der Waals surface area contributed by atoms with Gasteiger partial charge in [0.2, 0.25) is 0 Å². The topological polar surface area (TPSA) is 84.9 Å². The summed E-state index contributed by atoms with van der Waals surface area (Å²) in [5.74, 6) is -0.404. The molecule has 0 aliphatic heterocycles. The number of hydrogen-bond acceptors (Lipinski definition) is 7. The molecular weight excluding hydrogens is 394 g/mol. The minimum Gasteiger partial charge on any atom is -0.461 e. The Morgan fingerprint density at radius 2 is 2.00 bits per heavy atom. The highest BCUT2D eigenvalue weighted by molar-refractivity contribution is 8.08. The Kier molecular flexibility index (Phi) is 6.00. The van der Waals surface area contributed by atoms with E-state index in [9.17, 15) is 9.59 Å². The third-order valence-corrected chi connectivity index (χ3v) is 6.70. The first-order valence-electron chi connectivity index (χ1n) is 8.79. The van der Waals surface area contributed by atoms with E-state index in [1.165, 1.54) is 22.7 Å². The molecule has 3 heterocycles. The highest BCUT2D eigenvalue weighted by atomic mass is 32.2. The number of thiophene rings is 1. The maximum Gasteiger partial charge on any atom is 0.355 e. The highest BCUT2D eigenvalue weighted by Crippen LogP contribution is 2.42. The van der Waals surface area contributed by atoms with E-state index in [1.807, 2.05) is 13.8 Å². The molecule has 0 aliphatic carbocycles. The third kappa shape index (κ3) is 3.62. The SMILES string of the molecule is CCOC(=O)c1[nH]c(C)c(C(=CC=O)Sc2ncnc3sc(C)c(C)c23)c1C. The fourth-order valence-electron chi connectivity index (χ4n) is 3.09. The average molecular weight is 416 g/mol. The van der Waals surface area contributed by atoms with Gasteiger partial charge in [-0.3, -0.25) is 4.79 Å². The zero-order valence-corrected chi connectivity index (χ0v) is 18.0. The molecule has 0 saturated carbocycles. The van der Waals surface area contributed by atoms with Gasteiger partial charge in [0.1, 0.15) is 28.2 Å². The minimum absolute atomic E-state index is 0.299. The number of thioether (sulfide) groups is 1. The number of aldehydes is 1. The van der Waals surface area contributed by atoms with Gasteiger partial charge in [-0.15, -0.1) is 11.3 Å². The molecule has 0 aromatic carbocycles. The number of esters is 1. The molecule has 28 heavy (non-hydrogen) atoms. The predicted octanol–water partition coefficient (Wildman–Crippen LogP) is 4.76. The van der Waals surface area contributed by atoms with Gasteiger partial charge in [-0.05, 0) is 51.8 Å².